The van der Waals surface area contributed by atoms with Crippen LogP contribution in [-0.2, 0) is 21.7 Å². The lowest BCUT2D eigenvalue weighted by atomic mass is 9.89. The standard InChI is InChI=1S/C25H19Cl2NO3/c26-21-10-6-11-22(27)19(21)16-28-23-12-5-4-9-20(23)25(31,24(28)30)15-18(29)14-13-17-7-2-1-3-8-17/h1-14,31H,15-16H2/b14-13+. The van der Waals surface area contributed by atoms with Gasteiger partial charge in [0.1, 0.15) is 0 Å². The monoisotopic (exact) mass is 451 g/mol. The minimum absolute atomic E-state index is 0.0880. The Kier molecular flexibility index (Phi) is 5.96. The number of nitrogens with zero attached hydrogens (tertiary/aromatic N) is 1. The Morgan fingerprint density at radius 3 is 2.29 bits per heavy atom. The Labute approximate surface area is 190 Å². The summed E-state index contributed by atoms with van der Waals surface area (Å²) in [5, 5.41) is 12.2. The van der Waals surface area contributed by atoms with Crippen LogP contribution in [0.3, 0.4) is 0 Å². The number of fused-ring (bicyclic) bond motifs is 1. The summed E-state index contributed by atoms with van der Waals surface area (Å²) >= 11 is 12.6. The largest absolute Gasteiger partial charge is 0.375 e. The fourth-order valence-corrected chi connectivity index (χ4v) is 4.26. The van der Waals surface area contributed by atoms with E-state index < -0.39 is 11.5 Å². The normalized spacial score (nSPS) is 17.9. The smallest absolute Gasteiger partial charge is 0.264 e. The Morgan fingerprint density at radius 1 is 0.935 bits per heavy atom. The number of carbonyl (C=O) groups is 2. The molecule has 0 aromatic heterocycles. The molecule has 0 spiro atoms. The van der Waals surface area contributed by atoms with E-state index >= 15 is 0 Å². The van der Waals surface area contributed by atoms with Crippen LogP contribution in [0.5, 0.6) is 0 Å². The second kappa shape index (κ2) is 8.67. The number of anilines is 1. The number of rotatable bonds is 6. The van der Waals surface area contributed by atoms with Crippen molar-refractivity contribution in [2.75, 3.05) is 4.90 Å². The maximum absolute atomic E-state index is 13.3. The SMILES string of the molecule is O=C(/C=C/c1ccccc1)CC1(O)C(=O)N(Cc2c(Cl)cccc2Cl)c2ccccc21. The van der Waals surface area contributed by atoms with Crippen LogP contribution in [0.25, 0.3) is 6.08 Å². The van der Waals surface area contributed by atoms with Crippen LogP contribution in [0.1, 0.15) is 23.1 Å². The molecule has 1 heterocycles. The predicted octanol–water partition coefficient (Wildman–Crippen LogP) is 5.40. The van der Waals surface area contributed by atoms with E-state index in [9.17, 15) is 14.7 Å². The van der Waals surface area contributed by atoms with Gasteiger partial charge in [-0.25, -0.2) is 0 Å². The molecule has 3 aromatic rings. The number of aliphatic hydroxyl groups is 1. The number of benzene rings is 3. The summed E-state index contributed by atoms with van der Waals surface area (Å²) < 4.78 is 0. The molecule has 1 aliphatic rings. The summed E-state index contributed by atoms with van der Waals surface area (Å²) in [6.45, 7) is 0.0880. The summed E-state index contributed by atoms with van der Waals surface area (Å²) in [5.74, 6) is -0.932. The van der Waals surface area contributed by atoms with Gasteiger partial charge in [0.05, 0.1) is 18.7 Å². The highest BCUT2D eigenvalue weighted by Gasteiger charge is 2.50. The minimum Gasteiger partial charge on any atom is -0.375 e. The third kappa shape index (κ3) is 4.15. The van der Waals surface area contributed by atoms with Crippen molar-refractivity contribution in [2.24, 2.45) is 0 Å². The summed E-state index contributed by atoms with van der Waals surface area (Å²) in [6.07, 6.45) is 2.69. The average molecular weight is 452 g/mol. The molecule has 0 radical (unpaired) electrons. The van der Waals surface area contributed by atoms with Crippen LogP contribution in [-0.4, -0.2) is 16.8 Å². The molecule has 1 aliphatic heterocycles. The molecular formula is C25H19Cl2NO3. The summed E-state index contributed by atoms with van der Waals surface area (Å²) in [5.41, 5.74) is 0.405. The van der Waals surface area contributed by atoms with Gasteiger partial charge in [0.15, 0.2) is 11.4 Å². The number of carbonyl (C=O) groups excluding carboxylic acids is 2. The Morgan fingerprint density at radius 2 is 1.58 bits per heavy atom. The highest BCUT2D eigenvalue weighted by atomic mass is 35.5. The van der Waals surface area contributed by atoms with Crippen LogP contribution >= 0.6 is 23.2 Å². The van der Waals surface area contributed by atoms with E-state index in [1.54, 1.807) is 48.5 Å². The number of halogens is 2. The number of allylic oxidation sites excluding steroid dienone is 1. The van der Waals surface area contributed by atoms with Crippen LogP contribution in [0.2, 0.25) is 10.0 Å². The molecule has 1 unspecified atom stereocenters. The number of hydrogen-bond donors (Lipinski definition) is 1. The Bertz CT molecular complexity index is 1160. The summed E-state index contributed by atoms with van der Waals surface area (Å²) in [6, 6.07) is 21.4. The maximum Gasteiger partial charge on any atom is 0.264 e. The molecule has 4 nitrogen and oxygen atoms in total. The second-order valence-electron chi connectivity index (χ2n) is 7.36. The second-order valence-corrected chi connectivity index (χ2v) is 8.17. The molecule has 0 fully saturated rings. The molecule has 1 amide bonds. The zero-order valence-corrected chi connectivity index (χ0v) is 18.0. The first-order valence-corrected chi connectivity index (χ1v) is 10.5. The molecule has 1 N–H and O–H groups in total. The van der Waals surface area contributed by atoms with Gasteiger partial charge in [-0.2, -0.15) is 0 Å². The van der Waals surface area contributed by atoms with Gasteiger partial charge in [0.25, 0.3) is 5.91 Å². The van der Waals surface area contributed by atoms with Gasteiger partial charge >= 0.3 is 0 Å². The zero-order chi connectivity index (χ0) is 22.0. The molecule has 6 heteroatoms. The maximum atomic E-state index is 13.3. The van der Waals surface area contributed by atoms with Crippen molar-refractivity contribution >= 4 is 46.7 Å². The van der Waals surface area contributed by atoms with Crippen molar-refractivity contribution in [3.05, 3.63) is 106 Å². The van der Waals surface area contributed by atoms with E-state index in [-0.39, 0.29) is 18.7 Å². The van der Waals surface area contributed by atoms with E-state index in [1.165, 1.54) is 11.0 Å². The molecule has 0 saturated heterocycles. The molecule has 3 aromatic carbocycles. The van der Waals surface area contributed by atoms with E-state index in [0.717, 1.165) is 5.56 Å². The van der Waals surface area contributed by atoms with Crippen molar-refractivity contribution in [3.8, 4) is 0 Å². The van der Waals surface area contributed by atoms with E-state index in [2.05, 4.69) is 0 Å². The predicted molar refractivity (Wildman–Crippen MR) is 123 cm³/mol. The van der Waals surface area contributed by atoms with Crippen molar-refractivity contribution < 1.29 is 14.7 Å². The molecule has 4 rings (SSSR count). The van der Waals surface area contributed by atoms with Crippen molar-refractivity contribution in [1.29, 1.82) is 0 Å². The number of amides is 1. The quantitative estimate of drug-likeness (QED) is 0.510. The first kappa shape index (κ1) is 21.3. The highest BCUT2D eigenvalue weighted by Crippen LogP contribution is 2.44. The third-order valence-electron chi connectivity index (χ3n) is 5.31. The van der Waals surface area contributed by atoms with Gasteiger partial charge in [0, 0.05) is 21.2 Å². The van der Waals surface area contributed by atoms with Gasteiger partial charge in [0.2, 0.25) is 0 Å². The molecular weight excluding hydrogens is 433 g/mol. The first-order valence-electron chi connectivity index (χ1n) is 9.73. The minimum atomic E-state index is -1.96. The molecule has 0 bridgehead atoms. The Balaban J connectivity index is 1.63. The van der Waals surface area contributed by atoms with Crippen molar-refractivity contribution in [2.45, 2.75) is 18.6 Å². The number of para-hydroxylation sites is 1. The Hall–Kier alpha value is -2.92. The first-order chi connectivity index (χ1) is 14.9. The topological polar surface area (TPSA) is 57.6 Å². The van der Waals surface area contributed by atoms with Gasteiger partial charge < -0.3 is 10.0 Å². The molecule has 156 valence electrons. The average Bonchev–Trinajstić information content (AvgIpc) is 2.97. The lowest BCUT2D eigenvalue weighted by Gasteiger charge is -2.23. The van der Waals surface area contributed by atoms with E-state index in [4.69, 9.17) is 23.2 Å². The zero-order valence-electron chi connectivity index (χ0n) is 16.5. The summed E-state index contributed by atoms with van der Waals surface area (Å²) in [7, 11) is 0. The molecule has 1 atom stereocenters. The van der Waals surface area contributed by atoms with Gasteiger partial charge in [-0.05, 0) is 29.8 Å². The van der Waals surface area contributed by atoms with Crippen LogP contribution < -0.4 is 4.90 Å². The van der Waals surface area contributed by atoms with Crippen molar-refractivity contribution in [3.63, 3.8) is 0 Å². The highest BCUT2D eigenvalue weighted by molar-refractivity contribution is 6.36. The number of hydrogen-bond acceptors (Lipinski definition) is 3. The molecule has 0 aliphatic carbocycles. The van der Waals surface area contributed by atoms with Crippen LogP contribution in [0, 0.1) is 0 Å². The fraction of sp³-hybridized carbons (Fsp3) is 0.120. The third-order valence-corrected chi connectivity index (χ3v) is 6.02. The number of ketones is 1. The van der Waals surface area contributed by atoms with E-state index in [1.807, 2.05) is 30.3 Å². The molecule has 31 heavy (non-hydrogen) atoms. The van der Waals surface area contributed by atoms with Gasteiger partial charge in [-0.3, -0.25) is 9.59 Å². The van der Waals surface area contributed by atoms with Gasteiger partial charge in [-0.1, -0.05) is 83.9 Å². The molecule has 0 saturated carbocycles. The summed E-state index contributed by atoms with van der Waals surface area (Å²) in [4.78, 5) is 27.4. The van der Waals surface area contributed by atoms with Crippen LogP contribution in [0.4, 0.5) is 5.69 Å². The lowest BCUT2D eigenvalue weighted by Crippen LogP contribution is -2.41. The fourth-order valence-electron chi connectivity index (χ4n) is 3.74. The van der Waals surface area contributed by atoms with Crippen LogP contribution in [0.15, 0.2) is 78.9 Å². The van der Waals surface area contributed by atoms with Gasteiger partial charge in [-0.15, -0.1) is 0 Å². The lowest BCUT2D eigenvalue weighted by molar-refractivity contribution is -0.140. The van der Waals surface area contributed by atoms with Crippen molar-refractivity contribution in [1.82, 2.24) is 0 Å². The van der Waals surface area contributed by atoms with E-state index in [0.29, 0.717) is 26.9 Å².